The van der Waals surface area contributed by atoms with Crippen molar-refractivity contribution in [1.82, 2.24) is 30.8 Å². The van der Waals surface area contributed by atoms with Gasteiger partial charge in [-0.05, 0) is 39.7 Å². The zero-order valence-corrected chi connectivity index (χ0v) is 17.8. The second-order valence-electron chi connectivity index (χ2n) is 8.96. The number of amides is 2. The summed E-state index contributed by atoms with van der Waals surface area (Å²) in [5.41, 5.74) is 5.08. The summed E-state index contributed by atoms with van der Waals surface area (Å²) in [6.07, 6.45) is 2.24. The van der Waals surface area contributed by atoms with Gasteiger partial charge in [0.15, 0.2) is 0 Å². The summed E-state index contributed by atoms with van der Waals surface area (Å²) in [7, 11) is 0. The molecular weight excluding hydrogens is 374 g/mol. The molecule has 1 aliphatic rings. The van der Waals surface area contributed by atoms with Crippen molar-refractivity contribution in [2.24, 2.45) is 11.7 Å². The van der Waals surface area contributed by atoms with E-state index in [0.29, 0.717) is 31.1 Å². The van der Waals surface area contributed by atoms with Crippen molar-refractivity contribution in [1.29, 1.82) is 0 Å². The molecule has 0 aliphatic carbocycles. The minimum atomic E-state index is -0.515. The van der Waals surface area contributed by atoms with Crippen LogP contribution in [0, 0.1) is 5.92 Å². The molecule has 7 N–H and O–H groups in total. The zero-order valence-electron chi connectivity index (χ0n) is 17.8. The number of rotatable bonds is 8. The van der Waals surface area contributed by atoms with Gasteiger partial charge in [0.25, 0.3) is 5.56 Å². The molecule has 0 spiro atoms. The number of urea groups is 1. The van der Waals surface area contributed by atoms with Crippen LogP contribution in [0.25, 0.3) is 0 Å². The van der Waals surface area contributed by atoms with E-state index >= 15 is 0 Å². The number of H-pyrrole nitrogens is 2. The molecule has 164 valence electrons. The molecule has 1 aliphatic heterocycles. The third-order valence-electron chi connectivity index (χ3n) is 4.89. The Hall–Kier alpha value is -2.17. The number of hydrogen-bond acceptors (Lipinski definition) is 6. The van der Waals surface area contributed by atoms with Crippen LogP contribution in [0.15, 0.2) is 15.8 Å². The van der Waals surface area contributed by atoms with E-state index in [2.05, 4.69) is 37.7 Å². The van der Waals surface area contributed by atoms with Crippen LogP contribution >= 0.6 is 0 Å². The summed E-state index contributed by atoms with van der Waals surface area (Å²) >= 11 is 0. The maximum Gasteiger partial charge on any atom is 0.325 e. The molecule has 2 heterocycles. The van der Waals surface area contributed by atoms with E-state index in [1.807, 2.05) is 20.8 Å². The maximum atomic E-state index is 12.2. The molecule has 29 heavy (non-hydrogen) atoms. The van der Waals surface area contributed by atoms with Gasteiger partial charge in [-0.2, -0.15) is 0 Å². The fourth-order valence-corrected chi connectivity index (χ4v) is 3.50. The van der Waals surface area contributed by atoms with E-state index in [9.17, 15) is 14.4 Å². The Balaban J connectivity index is 1.94. The first-order valence-corrected chi connectivity index (χ1v) is 10.1. The van der Waals surface area contributed by atoms with Crippen molar-refractivity contribution in [2.75, 3.05) is 26.2 Å². The fraction of sp³-hybridized carbons (Fsp3) is 0.737. The summed E-state index contributed by atoms with van der Waals surface area (Å²) in [6.45, 7) is 11.2. The zero-order chi connectivity index (χ0) is 21.6. The molecule has 3 atom stereocenters. The Bertz CT molecular complexity index is 783. The third-order valence-corrected chi connectivity index (χ3v) is 4.89. The van der Waals surface area contributed by atoms with E-state index < -0.39 is 5.69 Å². The summed E-state index contributed by atoms with van der Waals surface area (Å²) in [4.78, 5) is 42.2. The molecule has 10 heteroatoms. The summed E-state index contributed by atoms with van der Waals surface area (Å²) in [6, 6.07) is 0.0964. The van der Waals surface area contributed by atoms with Gasteiger partial charge in [0, 0.05) is 55.6 Å². The van der Waals surface area contributed by atoms with Crippen LogP contribution in [0.2, 0.25) is 0 Å². The number of likely N-dealkylation sites (tertiary alicyclic amines) is 1. The van der Waals surface area contributed by atoms with Gasteiger partial charge in [0.1, 0.15) is 0 Å². The smallest absolute Gasteiger partial charge is 0.325 e. The molecule has 0 saturated carbocycles. The minimum absolute atomic E-state index is 0.0469. The average Bonchev–Trinajstić information content (AvgIpc) is 2.96. The molecule has 0 radical (unpaired) electrons. The second-order valence-corrected chi connectivity index (χ2v) is 8.96. The quantitative estimate of drug-likeness (QED) is 0.334. The third kappa shape index (κ3) is 7.64. The van der Waals surface area contributed by atoms with Crippen molar-refractivity contribution in [3.63, 3.8) is 0 Å². The van der Waals surface area contributed by atoms with Gasteiger partial charge in [-0.25, -0.2) is 9.59 Å². The number of aromatic nitrogens is 2. The Morgan fingerprint density at radius 2 is 2.10 bits per heavy atom. The van der Waals surface area contributed by atoms with Crippen molar-refractivity contribution < 1.29 is 4.79 Å². The lowest BCUT2D eigenvalue weighted by molar-refractivity contribution is 0.213. The highest BCUT2D eigenvalue weighted by Gasteiger charge is 2.33. The van der Waals surface area contributed by atoms with Gasteiger partial charge >= 0.3 is 11.7 Å². The molecule has 1 aromatic rings. The lowest BCUT2D eigenvalue weighted by Crippen LogP contribution is -2.50. The highest BCUT2D eigenvalue weighted by atomic mass is 16.2. The predicted octanol–water partition coefficient (Wildman–Crippen LogP) is -0.712. The minimum Gasteiger partial charge on any atom is -0.334 e. The normalized spacial score (nSPS) is 21.1. The van der Waals surface area contributed by atoms with Crippen LogP contribution in [-0.4, -0.2) is 64.7 Å². The molecule has 2 amide bonds. The van der Waals surface area contributed by atoms with Crippen molar-refractivity contribution >= 4 is 6.03 Å². The van der Waals surface area contributed by atoms with Crippen LogP contribution in [0.5, 0.6) is 0 Å². The second kappa shape index (κ2) is 10.0. The van der Waals surface area contributed by atoms with Crippen molar-refractivity contribution in [3.8, 4) is 0 Å². The number of carbonyl (C=O) groups excluding carboxylic acids is 1. The van der Waals surface area contributed by atoms with Gasteiger partial charge in [-0.1, -0.05) is 6.92 Å². The summed E-state index contributed by atoms with van der Waals surface area (Å²) in [5, 5.41) is 9.29. The van der Waals surface area contributed by atoms with Crippen molar-refractivity contribution in [2.45, 2.75) is 58.3 Å². The standard InChI is InChI=1S/C19H35N7O3/c1-12(6-20)10-26-11-14(23-18(29)25-19(2,3)4)5-15(26)9-21-7-13-8-22-17(28)24-16(13)27/h8,12,14-15,21H,5-7,9-11,20H2,1-4H3,(H2,23,25,29)(H2,22,24,27,28)/t12-,14+,15-/m0/s1. The highest BCUT2D eigenvalue weighted by Crippen LogP contribution is 2.19. The molecule has 2 rings (SSSR count). The molecule has 1 saturated heterocycles. The summed E-state index contributed by atoms with van der Waals surface area (Å²) < 4.78 is 0. The van der Waals surface area contributed by atoms with Crippen LogP contribution < -0.4 is 32.9 Å². The van der Waals surface area contributed by atoms with Gasteiger partial charge in [-0.3, -0.25) is 14.7 Å². The number of aromatic amines is 2. The molecule has 1 fully saturated rings. The van der Waals surface area contributed by atoms with E-state index in [1.54, 1.807) is 0 Å². The first kappa shape index (κ1) is 23.1. The number of hydrogen-bond donors (Lipinski definition) is 6. The fourth-order valence-electron chi connectivity index (χ4n) is 3.50. The lowest BCUT2D eigenvalue weighted by Gasteiger charge is -2.27. The maximum absolute atomic E-state index is 12.2. The van der Waals surface area contributed by atoms with Gasteiger partial charge in [0.05, 0.1) is 0 Å². The van der Waals surface area contributed by atoms with E-state index in [4.69, 9.17) is 5.73 Å². The first-order valence-electron chi connectivity index (χ1n) is 10.1. The predicted molar refractivity (Wildman–Crippen MR) is 113 cm³/mol. The molecular formula is C19H35N7O3. The monoisotopic (exact) mass is 409 g/mol. The van der Waals surface area contributed by atoms with Gasteiger partial charge in [0.2, 0.25) is 0 Å². The number of nitrogens with one attached hydrogen (secondary N) is 5. The SMILES string of the molecule is C[C@@H](CN)CN1C[C@H](NC(=O)NC(C)(C)C)C[C@H]1CNCc1c[nH]c(=O)[nH]c1=O. The van der Waals surface area contributed by atoms with E-state index in [0.717, 1.165) is 19.5 Å². The van der Waals surface area contributed by atoms with Gasteiger partial charge < -0.3 is 26.7 Å². The van der Waals surface area contributed by atoms with E-state index in [1.165, 1.54) is 6.20 Å². The number of carbonyl (C=O) groups is 1. The van der Waals surface area contributed by atoms with Crippen LogP contribution in [0.1, 0.15) is 39.7 Å². The largest absolute Gasteiger partial charge is 0.334 e. The van der Waals surface area contributed by atoms with Crippen LogP contribution in [0.4, 0.5) is 4.79 Å². The van der Waals surface area contributed by atoms with Crippen LogP contribution in [-0.2, 0) is 6.54 Å². The molecule has 0 aromatic carbocycles. The first-order chi connectivity index (χ1) is 13.6. The summed E-state index contributed by atoms with van der Waals surface area (Å²) in [5.74, 6) is 0.349. The Labute approximate surface area is 171 Å². The highest BCUT2D eigenvalue weighted by molar-refractivity contribution is 5.75. The van der Waals surface area contributed by atoms with Crippen LogP contribution in [0.3, 0.4) is 0 Å². The molecule has 0 unspecified atom stereocenters. The lowest BCUT2D eigenvalue weighted by atomic mass is 10.1. The average molecular weight is 410 g/mol. The molecule has 10 nitrogen and oxygen atoms in total. The van der Waals surface area contributed by atoms with Gasteiger partial charge in [-0.15, -0.1) is 0 Å². The Morgan fingerprint density at radius 3 is 2.72 bits per heavy atom. The Kier molecular flexibility index (Phi) is 8.00. The Morgan fingerprint density at radius 1 is 1.38 bits per heavy atom. The van der Waals surface area contributed by atoms with E-state index in [-0.39, 0.29) is 29.2 Å². The molecule has 0 bridgehead atoms. The number of nitrogens with two attached hydrogens (primary N) is 1. The number of nitrogens with zero attached hydrogens (tertiary/aromatic N) is 1. The van der Waals surface area contributed by atoms with Crippen molar-refractivity contribution in [3.05, 3.63) is 32.6 Å². The molecule has 1 aromatic heterocycles. The topological polar surface area (TPSA) is 148 Å².